The molecule has 0 radical (unpaired) electrons. The predicted molar refractivity (Wildman–Crippen MR) is 39.2 cm³/mol. The molecule has 0 aliphatic rings. The Bertz CT molecular complexity index is 252. The van der Waals surface area contributed by atoms with Gasteiger partial charge in [0.05, 0.1) is 4.90 Å². The Labute approximate surface area is 62.4 Å². The summed E-state index contributed by atoms with van der Waals surface area (Å²) in [7, 11) is 0. The first-order chi connectivity index (χ1) is 4.75. The van der Waals surface area contributed by atoms with Crippen molar-refractivity contribution in [3.63, 3.8) is 0 Å². The highest BCUT2D eigenvalue weighted by Crippen LogP contribution is 2.24. The quantitative estimate of drug-likeness (QED) is 0.464. The van der Waals surface area contributed by atoms with E-state index in [1.807, 2.05) is 12.3 Å². The second-order valence-corrected chi connectivity index (χ2v) is 2.55. The summed E-state index contributed by atoms with van der Waals surface area (Å²) in [5, 5.41) is 16.6. The fraction of sp³-hybridized carbons (Fsp3) is 0.200. The molecule has 4 nitrogen and oxygen atoms in total. The number of aromatic amines is 1. The molecule has 0 spiro atoms. The first kappa shape index (κ1) is 6.96. The van der Waals surface area contributed by atoms with E-state index in [0.717, 1.165) is 22.4 Å². The van der Waals surface area contributed by atoms with Crippen molar-refractivity contribution >= 4 is 17.6 Å². The molecule has 0 aromatic carbocycles. The van der Waals surface area contributed by atoms with Crippen LogP contribution in [-0.2, 0) is 0 Å². The maximum Gasteiger partial charge on any atom is 0.160 e. The van der Waals surface area contributed by atoms with Crippen molar-refractivity contribution in [3.05, 3.63) is 5.69 Å². The van der Waals surface area contributed by atoms with Crippen LogP contribution >= 0.6 is 11.8 Å². The van der Waals surface area contributed by atoms with E-state index >= 15 is 0 Å². The van der Waals surface area contributed by atoms with Crippen LogP contribution in [0.1, 0.15) is 5.69 Å². The summed E-state index contributed by atoms with van der Waals surface area (Å²) in [5.41, 5.74) is 6.25. The normalized spacial score (nSPS) is 9.20. The number of thiocyanates is 1. The number of aromatic nitrogens is 2. The van der Waals surface area contributed by atoms with Gasteiger partial charge in [-0.1, -0.05) is 0 Å². The van der Waals surface area contributed by atoms with Gasteiger partial charge in [-0.05, 0) is 18.7 Å². The standard InChI is InChI=1S/C5H6N4S/c1-3-4(10-2-6)5(7)9-8-3/h1H3,(H3,7,8,9). The van der Waals surface area contributed by atoms with E-state index in [9.17, 15) is 0 Å². The molecule has 0 fully saturated rings. The third-order valence-electron chi connectivity index (χ3n) is 1.06. The Balaban J connectivity index is 3.01. The van der Waals surface area contributed by atoms with Gasteiger partial charge in [0.15, 0.2) is 5.82 Å². The van der Waals surface area contributed by atoms with Crippen molar-refractivity contribution in [1.82, 2.24) is 10.2 Å². The van der Waals surface area contributed by atoms with Gasteiger partial charge in [0, 0.05) is 5.69 Å². The number of rotatable bonds is 1. The molecule has 5 heteroatoms. The van der Waals surface area contributed by atoms with Gasteiger partial charge < -0.3 is 5.73 Å². The molecule has 52 valence electrons. The lowest BCUT2D eigenvalue weighted by Gasteiger charge is -1.87. The van der Waals surface area contributed by atoms with Crippen molar-refractivity contribution in [3.8, 4) is 5.40 Å². The van der Waals surface area contributed by atoms with Crippen LogP contribution < -0.4 is 5.73 Å². The van der Waals surface area contributed by atoms with Crippen LogP contribution in [0.25, 0.3) is 0 Å². The van der Waals surface area contributed by atoms with E-state index in [4.69, 9.17) is 11.0 Å². The molecule has 1 aromatic heterocycles. The maximum absolute atomic E-state index is 8.30. The molecule has 0 atom stereocenters. The zero-order chi connectivity index (χ0) is 7.56. The van der Waals surface area contributed by atoms with Gasteiger partial charge in [0.25, 0.3) is 0 Å². The first-order valence-electron chi connectivity index (χ1n) is 2.62. The Kier molecular flexibility index (Phi) is 1.83. The van der Waals surface area contributed by atoms with E-state index in [1.165, 1.54) is 0 Å². The van der Waals surface area contributed by atoms with Gasteiger partial charge in [-0.2, -0.15) is 10.4 Å². The first-order valence-corrected chi connectivity index (χ1v) is 3.43. The topological polar surface area (TPSA) is 78.5 Å². The number of hydrogen-bond donors (Lipinski definition) is 2. The van der Waals surface area contributed by atoms with Crippen molar-refractivity contribution < 1.29 is 0 Å². The SMILES string of the molecule is Cc1[nH]nc(N)c1SC#N. The van der Waals surface area contributed by atoms with Crippen LogP contribution in [-0.4, -0.2) is 10.2 Å². The van der Waals surface area contributed by atoms with E-state index in [2.05, 4.69) is 10.2 Å². The molecule has 1 rings (SSSR count). The van der Waals surface area contributed by atoms with Gasteiger partial charge in [-0.25, -0.2) is 0 Å². The number of aryl methyl sites for hydroxylation is 1. The van der Waals surface area contributed by atoms with Crippen molar-refractivity contribution in [2.24, 2.45) is 0 Å². The summed E-state index contributed by atoms with van der Waals surface area (Å²) in [6.45, 7) is 1.82. The molecule has 1 heterocycles. The minimum Gasteiger partial charge on any atom is -0.381 e. The molecular weight excluding hydrogens is 148 g/mol. The second kappa shape index (κ2) is 2.62. The van der Waals surface area contributed by atoms with Crippen LogP contribution in [0.3, 0.4) is 0 Å². The van der Waals surface area contributed by atoms with Gasteiger partial charge in [0.2, 0.25) is 0 Å². The number of hydrogen-bond acceptors (Lipinski definition) is 4. The van der Waals surface area contributed by atoms with Gasteiger partial charge in [-0.3, -0.25) is 5.10 Å². The van der Waals surface area contributed by atoms with Gasteiger partial charge in [0.1, 0.15) is 5.40 Å². The molecule has 1 aromatic rings. The van der Waals surface area contributed by atoms with E-state index in [-0.39, 0.29) is 0 Å². The average Bonchev–Trinajstić information content (AvgIpc) is 2.20. The van der Waals surface area contributed by atoms with Crippen LogP contribution in [0.5, 0.6) is 0 Å². The molecule has 10 heavy (non-hydrogen) atoms. The summed E-state index contributed by atoms with van der Waals surface area (Å²) in [6, 6.07) is 0. The number of thioether (sulfide) groups is 1. The van der Waals surface area contributed by atoms with E-state index < -0.39 is 0 Å². The average molecular weight is 154 g/mol. The Morgan fingerprint density at radius 2 is 2.50 bits per heavy atom. The number of nitriles is 1. The van der Waals surface area contributed by atoms with Gasteiger partial charge >= 0.3 is 0 Å². The molecule has 3 N–H and O–H groups in total. The minimum absolute atomic E-state index is 0.393. The lowest BCUT2D eigenvalue weighted by molar-refractivity contribution is 1.05. The number of nitrogens with two attached hydrogens (primary N) is 1. The minimum atomic E-state index is 0.393. The Morgan fingerprint density at radius 1 is 1.80 bits per heavy atom. The molecule has 0 amide bonds. The molecule has 0 aliphatic carbocycles. The van der Waals surface area contributed by atoms with Crippen molar-refractivity contribution in [2.45, 2.75) is 11.8 Å². The highest BCUT2D eigenvalue weighted by molar-refractivity contribution is 8.03. The van der Waals surface area contributed by atoms with Crippen LogP contribution in [0.15, 0.2) is 4.90 Å². The lowest BCUT2D eigenvalue weighted by Crippen LogP contribution is -1.85. The van der Waals surface area contributed by atoms with Gasteiger partial charge in [-0.15, -0.1) is 0 Å². The molecule has 0 saturated heterocycles. The fourth-order valence-corrected chi connectivity index (χ4v) is 1.05. The summed E-state index contributed by atoms with van der Waals surface area (Å²) < 4.78 is 0. The summed E-state index contributed by atoms with van der Waals surface area (Å²) in [4.78, 5) is 0.725. The number of H-pyrrole nitrogens is 1. The van der Waals surface area contributed by atoms with E-state index in [1.54, 1.807) is 0 Å². The van der Waals surface area contributed by atoms with E-state index in [0.29, 0.717) is 5.82 Å². The highest BCUT2D eigenvalue weighted by Gasteiger charge is 2.05. The zero-order valence-electron chi connectivity index (χ0n) is 5.38. The number of nitrogen functional groups attached to an aromatic ring is 1. The summed E-state index contributed by atoms with van der Waals surface area (Å²) in [5.74, 6) is 0.393. The number of nitrogens with zero attached hydrogens (tertiary/aromatic N) is 2. The van der Waals surface area contributed by atoms with Crippen molar-refractivity contribution in [2.75, 3.05) is 5.73 Å². The molecule has 0 aliphatic heterocycles. The van der Waals surface area contributed by atoms with Crippen LogP contribution in [0, 0.1) is 17.6 Å². The molecule has 0 bridgehead atoms. The lowest BCUT2D eigenvalue weighted by atomic mass is 10.5. The number of anilines is 1. The molecule has 0 unspecified atom stereocenters. The number of nitrogens with one attached hydrogen (secondary N) is 1. The molecular formula is C5H6N4S. The van der Waals surface area contributed by atoms with Crippen LogP contribution in [0.4, 0.5) is 5.82 Å². The zero-order valence-corrected chi connectivity index (χ0v) is 6.20. The Morgan fingerprint density at radius 3 is 2.90 bits per heavy atom. The van der Waals surface area contributed by atoms with Crippen LogP contribution in [0.2, 0.25) is 0 Å². The largest absolute Gasteiger partial charge is 0.381 e. The maximum atomic E-state index is 8.30. The monoisotopic (exact) mass is 154 g/mol. The highest BCUT2D eigenvalue weighted by atomic mass is 32.2. The second-order valence-electron chi connectivity index (χ2n) is 1.76. The summed E-state index contributed by atoms with van der Waals surface area (Å²) >= 11 is 1.02. The third kappa shape index (κ3) is 1.06. The third-order valence-corrected chi connectivity index (χ3v) is 1.88. The smallest absolute Gasteiger partial charge is 0.160 e. The Hall–Kier alpha value is -1.15. The van der Waals surface area contributed by atoms with Crippen molar-refractivity contribution in [1.29, 1.82) is 5.26 Å². The fourth-order valence-electron chi connectivity index (χ4n) is 0.612. The molecule has 0 saturated carbocycles. The predicted octanol–water partition coefficient (Wildman–Crippen LogP) is 0.873. The summed E-state index contributed by atoms with van der Waals surface area (Å²) in [6.07, 6.45) is 0.